The number of carbonyl (C=O) groups excluding carboxylic acids is 1. The number of carbonyl (C=O) groups is 1. The molecule has 2 aromatic carbocycles. The number of benzene rings is 2. The second-order valence-electron chi connectivity index (χ2n) is 7.07. The first-order valence-corrected chi connectivity index (χ1v) is 9.57. The number of halogens is 1. The molecule has 0 saturated carbocycles. The van der Waals surface area contributed by atoms with Crippen LogP contribution in [0, 0.1) is 5.82 Å². The molecule has 1 aromatic heterocycles. The van der Waals surface area contributed by atoms with Gasteiger partial charge in [-0.3, -0.25) is 4.79 Å². The van der Waals surface area contributed by atoms with Crippen LogP contribution < -0.4 is 4.90 Å². The van der Waals surface area contributed by atoms with Crippen LogP contribution >= 0.6 is 0 Å². The van der Waals surface area contributed by atoms with Gasteiger partial charge in [-0.2, -0.15) is 0 Å². The average Bonchev–Trinajstić information content (AvgIpc) is 3.20. The van der Waals surface area contributed by atoms with Gasteiger partial charge in [0.1, 0.15) is 11.5 Å². The van der Waals surface area contributed by atoms with Gasteiger partial charge in [-0.15, -0.1) is 0 Å². The van der Waals surface area contributed by atoms with Crippen LogP contribution in [-0.4, -0.2) is 47.2 Å². The van der Waals surface area contributed by atoms with E-state index in [9.17, 15) is 14.3 Å². The molecule has 3 aromatic rings. The Balaban J connectivity index is 1.54. The molecule has 1 aliphatic heterocycles. The molecule has 0 spiro atoms. The van der Waals surface area contributed by atoms with Crippen molar-refractivity contribution in [3.05, 3.63) is 71.7 Å². The van der Waals surface area contributed by atoms with E-state index in [1.165, 1.54) is 12.1 Å². The lowest BCUT2D eigenvalue weighted by Crippen LogP contribution is -2.48. The van der Waals surface area contributed by atoms with E-state index in [1.54, 1.807) is 24.0 Å². The van der Waals surface area contributed by atoms with Gasteiger partial charge in [0.15, 0.2) is 0 Å². The summed E-state index contributed by atoms with van der Waals surface area (Å²) in [6, 6.07) is 15.8. The Kier molecular flexibility index (Phi) is 5.31. The first-order valence-electron chi connectivity index (χ1n) is 9.57. The summed E-state index contributed by atoms with van der Waals surface area (Å²) < 4.78 is 18.6. The van der Waals surface area contributed by atoms with E-state index in [-0.39, 0.29) is 17.5 Å². The fourth-order valence-corrected chi connectivity index (χ4v) is 3.61. The van der Waals surface area contributed by atoms with Crippen molar-refractivity contribution in [2.24, 2.45) is 0 Å². The smallest absolute Gasteiger partial charge is 0.293 e. The van der Waals surface area contributed by atoms with Crippen LogP contribution in [0.5, 0.6) is 0 Å². The maximum Gasteiger partial charge on any atom is 0.293 e. The van der Waals surface area contributed by atoms with Gasteiger partial charge in [-0.05, 0) is 43.3 Å². The number of anilines is 1. The molecule has 29 heavy (non-hydrogen) atoms. The normalized spacial score (nSPS) is 15.4. The number of aromatic nitrogens is 1. The standard InChI is InChI=1S/C22H22FN3O3/c1-15(27)19-20(16-7-9-17(23)10-8-16)24-29-21(19)22(28)26-13-11-25(12-14-26)18-5-3-2-4-6-18/h2-10,15,27H,11-14H2,1H3. The summed E-state index contributed by atoms with van der Waals surface area (Å²) in [4.78, 5) is 17.0. The summed E-state index contributed by atoms with van der Waals surface area (Å²) in [6.45, 7) is 4.06. The van der Waals surface area contributed by atoms with Gasteiger partial charge >= 0.3 is 0 Å². The molecule has 1 unspecified atom stereocenters. The van der Waals surface area contributed by atoms with Crippen molar-refractivity contribution in [3.8, 4) is 11.3 Å². The molecule has 1 saturated heterocycles. The van der Waals surface area contributed by atoms with Crippen LogP contribution in [0.1, 0.15) is 29.1 Å². The molecule has 6 nitrogen and oxygen atoms in total. The average molecular weight is 395 g/mol. The number of aliphatic hydroxyl groups is 1. The minimum Gasteiger partial charge on any atom is -0.388 e. The number of nitrogens with zero attached hydrogens (tertiary/aromatic N) is 3. The molecule has 1 aliphatic rings. The SMILES string of the molecule is CC(O)c1c(-c2ccc(F)cc2)noc1C(=O)N1CCN(c2ccccc2)CC1. The summed E-state index contributed by atoms with van der Waals surface area (Å²) in [5.74, 6) is -0.634. The van der Waals surface area contributed by atoms with Crippen LogP contribution in [0.2, 0.25) is 0 Å². The number of rotatable bonds is 4. The summed E-state index contributed by atoms with van der Waals surface area (Å²) in [6.07, 6.45) is -0.953. The number of hydrogen-bond acceptors (Lipinski definition) is 5. The lowest BCUT2D eigenvalue weighted by atomic mass is 10.0. The van der Waals surface area contributed by atoms with Crippen molar-refractivity contribution >= 4 is 11.6 Å². The first kappa shape index (κ1) is 19.1. The van der Waals surface area contributed by atoms with Crippen molar-refractivity contribution < 1.29 is 18.8 Å². The highest BCUT2D eigenvalue weighted by Gasteiger charge is 2.31. The number of amides is 1. The van der Waals surface area contributed by atoms with E-state index in [0.717, 1.165) is 5.69 Å². The van der Waals surface area contributed by atoms with Crippen LogP contribution in [-0.2, 0) is 0 Å². The van der Waals surface area contributed by atoms with E-state index < -0.39 is 6.10 Å². The molecule has 7 heteroatoms. The monoisotopic (exact) mass is 395 g/mol. The predicted molar refractivity (Wildman–Crippen MR) is 107 cm³/mol. The van der Waals surface area contributed by atoms with Crippen molar-refractivity contribution in [1.82, 2.24) is 10.1 Å². The van der Waals surface area contributed by atoms with Gasteiger partial charge in [0.25, 0.3) is 5.91 Å². The van der Waals surface area contributed by atoms with Gasteiger partial charge in [0.05, 0.1) is 11.7 Å². The highest BCUT2D eigenvalue weighted by atomic mass is 19.1. The zero-order valence-electron chi connectivity index (χ0n) is 16.1. The Morgan fingerprint density at radius 2 is 1.72 bits per heavy atom. The van der Waals surface area contributed by atoms with Gasteiger partial charge < -0.3 is 19.4 Å². The van der Waals surface area contributed by atoms with Gasteiger partial charge in [-0.1, -0.05) is 23.4 Å². The first-order chi connectivity index (χ1) is 14.0. The van der Waals surface area contributed by atoms with Crippen LogP contribution in [0.25, 0.3) is 11.3 Å². The van der Waals surface area contributed by atoms with Crippen molar-refractivity contribution in [2.75, 3.05) is 31.1 Å². The largest absolute Gasteiger partial charge is 0.388 e. The third kappa shape index (κ3) is 3.86. The lowest BCUT2D eigenvalue weighted by Gasteiger charge is -2.35. The fraction of sp³-hybridized carbons (Fsp3) is 0.273. The highest BCUT2D eigenvalue weighted by Crippen LogP contribution is 2.31. The molecule has 4 rings (SSSR count). The third-order valence-corrected chi connectivity index (χ3v) is 5.15. The zero-order chi connectivity index (χ0) is 20.4. The number of para-hydroxylation sites is 1. The summed E-state index contributed by atoms with van der Waals surface area (Å²) in [5, 5.41) is 14.3. The van der Waals surface area contributed by atoms with Gasteiger partial charge in [0, 0.05) is 37.4 Å². The maximum atomic E-state index is 13.2. The number of aliphatic hydroxyl groups excluding tert-OH is 1. The van der Waals surface area contributed by atoms with Crippen LogP contribution in [0.4, 0.5) is 10.1 Å². The van der Waals surface area contributed by atoms with Crippen LogP contribution in [0.15, 0.2) is 59.1 Å². The van der Waals surface area contributed by atoms with Crippen LogP contribution in [0.3, 0.4) is 0 Å². The summed E-state index contributed by atoms with van der Waals surface area (Å²) >= 11 is 0. The van der Waals surface area contributed by atoms with E-state index in [2.05, 4.69) is 22.2 Å². The molecule has 1 atom stereocenters. The quantitative estimate of drug-likeness (QED) is 0.732. The molecule has 1 fully saturated rings. The van der Waals surface area contributed by atoms with Gasteiger partial charge in [-0.25, -0.2) is 4.39 Å². The molecule has 0 bridgehead atoms. The minimum atomic E-state index is -0.953. The Bertz CT molecular complexity index is 978. The molecule has 0 aliphatic carbocycles. The maximum absolute atomic E-state index is 13.2. The Hall–Kier alpha value is -3.19. The van der Waals surface area contributed by atoms with E-state index >= 15 is 0 Å². The fourth-order valence-electron chi connectivity index (χ4n) is 3.61. The second-order valence-corrected chi connectivity index (χ2v) is 7.07. The predicted octanol–water partition coefficient (Wildman–Crippen LogP) is 3.50. The number of hydrogen-bond donors (Lipinski definition) is 1. The molecule has 2 heterocycles. The number of piperazine rings is 1. The summed E-state index contributed by atoms with van der Waals surface area (Å²) in [7, 11) is 0. The third-order valence-electron chi connectivity index (χ3n) is 5.15. The molecular weight excluding hydrogens is 373 g/mol. The Morgan fingerprint density at radius 3 is 2.34 bits per heavy atom. The molecule has 1 N–H and O–H groups in total. The Labute approximate surface area is 168 Å². The second kappa shape index (κ2) is 8.05. The molecular formula is C22H22FN3O3. The van der Waals surface area contributed by atoms with E-state index in [0.29, 0.717) is 43.0 Å². The lowest BCUT2D eigenvalue weighted by molar-refractivity contribution is 0.0696. The Morgan fingerprint density at radius 1 is 1.07 bits per heavy atom. The highest BCUT2D eigenvalue weighted by molar-refractivity contribution is 5.95. The zero-order valence-corrected chi connectivity index (χ0v) is 16.1. The van der Waals surface area contributed by atoms with Gasteiger partial charge in [0.2, 0.25) is 5.76 Å². The van der Waals surface area contributed by atoms with Crippen molar-refractivity contribution in [3.63, 3.8) is 0 Å². The van der Waals surface area contributed by atoms with Crippen molar-refractivity contribution in [2.45, 2.75) is 13.0 Å². The topological polar surface area (TPSA) is 69.8 Å². The molecule has 1 amide bonds. The van der Waals surface area contributed by atoms with E-state index in [1.807, 2.05) is 18.2 Å². The van der Waals surface area contributed by atoms with E-state index in [4.69, 9.17) is 4.52 Å². The summed E-state index contributed by atoms with van der Waals surface area (Å²) in [5.41, 5.74) is 2.39. The van der Waals surface area contributed by atoms with Crippen molar-refractivity contribution in [1.29, 1.82) is 0 Å². The molecule has 150 valence electrons. The molecule has 0 radical (unpaired) electrons. The minimum absolute atomic E-state index is 0.0347.